The number of hydrogen-bond acceptors (Lipinski definition) is 2. The van der Waals surface area contributed by atoms with Gasteiger partial charge in [0.1, 0.15) is 0 Å². The molecule has 38 heavy (non-hydrogen) atoms. The van der Waals surface area contributed by atoms with Crippen molar-refractivity contribution in [2.75, 3.05) is 11.9 Å². The van der Waals surface area contributed by atoms with E-state index in [0.29, 0.717) is 35.5 Å². The van der Waals surface area contributed by atoms with Gasteiger partial charge in [0.05, 0.1) is 5.56 Å². The first-order valence-electron chi connectivity index (χ1n) is 13.1. The minimum atomic E-state index is -4.42. The monoisotopic (exact) mass is 520 g/mol. The van der Waals surface area contributed by atoms with Crippen LogP contribution in [-0.4, -0.2) is 23.3 Å². The summed E-state index contributed by atoms with van der Waals surface area (Å²) in [7, 11) is 0. The van der Waals surface area contributed by atoms with Crippen LogP contribution in [0.5, 0.6) is 0 Å². The molecule has 3 aromatic carbocycles. The third-order valence-electron chi connectivity index (χ3n) is 7.93. The number of rotatable bonds is 4. The molecule has 0 bridgehead atoms. The standard InChI is InChI=1S/C31H31F3N2O2/c1-30(16-5-2-6-17-30)29(38)36-18-15-22-19-25(14-11-23(22)20-36)35-28(37)27-8-4-3-7-26(27)21-9-12-24(13-10-21)31(32,33)34/h3-4,7-14,19H,2,5-6,15-18,20H2,1H3,(H,35,37). The van der Waals surface area contributed by atoms with Crippen LogP contribution in [0.15, 0.2) is 66.7 Å². The van der Waals surface area contributed by atoms with Crippen LogP contribution < -0.4 is 5.32 Å². The van der Waals surface area contributed by atoms with E-state index in [0.717, 1.165) is 55.4 Å². The van der Waals surface area contributed by atoms with Gasteiger partial charge in [0.25, 0.3) is 5.91 Å². The minimum absolute atomic E-state index is 0.250. The summed E-state index contributed by atoms with van der Waals surface area (Å²) < 4.78 is 38.9. The van der Waals surface area contributed by atoms with Gasteiger partial charge in [-0.2, -0.15) is 13.2 Å². The first kappa shape index (κ1) is 26.0. The Morgan fingerprint density at radius 1 is 0.895 bits per heavy atom. The van der Waals surface area contributed by atoms with Crippen molar-refractivity contribution >= 4 is 17.5 Å². The van der Waals surface area contributed by atoms with Crippen molar-refractivity contribution in [2.24, 2.45) is 5.41 Å². The number of anilines is 1. The summed E-state index contributed by atoms with van der Waals surface area (Å²) in [5.41, 5.74) is 3.32. The Morgan fingerprint density at radius 3 is 2.32 bits per heavy atom. The van der Waals surface area contributed by atoms with Crippen molar-refractivity contribution < 1.29 is 22.8 Å². The molecule has 2 aliphatic rings. The molecule has 2 amide bonds. The van der Waals surface area contributed by atoms with Gasteiger partial charge in [-0.3, -0.25) is 9.59 Å². The van der Waals surface area contributed by atoms with E-state index >= 15 is 0 Å². The molecule has 5 rings (SSSR count). The molecule has 1 aliphatic heterocycles. The fourth-order valence-corrected chi connectivity index (χ4v) is 5.70. The van der Waals surface area contributed by atoms with E-state index < -0.39 is 11.7 Å². The van der Waals surface area contributed by atoms with Gasteiger partial charge in [0.2, 0.25) is 5.91 Å². The van der Waals surface area contributed by atoms with Gasteiger partial charge in [-0.05, 0) is 71.8 Å². The lowest BCUT2D eigenvalue weighted by Gasteiger charge is -2.39. The minimum Gasteiger partial charge on any atom is -0.338 e. The van der Waals surface area contributed by atoms with Crippen molar-refractivity contribution in [3.8, 4) is 11.1 Å². The fourth-order valence-electron chi connectivity index (χ4n) is 5.70. The molecule has 1 saturated carbocycles. The van der Waals surface area contributed by atoms with Crippen LogP contribution in [0, 0.1) is 5.41 Å². The summed E-state index contributed by atoms with van der Waals surface area (Å²) in [6.45, 7) is 3.34. The molecule has 198 valence electrons. The Kier molecular flexibility index (Phi) is 7.03. The second-order valence-corrected chi connectivity index (χ2v) is 10.7. The zero-order valence-corrected chi connectivity index (χ0v) is 21.4. The molecule has 0 aromatic heterocycles. The maximum atomic E-state index is 13.3. The highest BCUT2D eigenvalue weighted by Gasteiger charge is 2.38. The molecular formula is C31H31F3N2O2. The van der Waals surface area contributed by atoms with Crippen LogP contribution >= 0.6 is 0 Å². The van der Waals surface area contributed by atoms with E-state index in [1.165, 1.54) is 18.6 Å². The smallest absolute Gasteiger partial charge is 0.338 e. The molecule has 3 aromatic rings. The maximum Gasteiger partial charge on any atom is 0.416 e. The van der Waals surface area contributed by atoms with Crippen molar-refractivity contribution in [2.45, 2.75) is 58.2 Å². The predicted octanol–water partition coefficient (Wildman–Crippen LogP) is 7.48. The molecule has 4 nitrogen and oxygen atoms in total. The molecule has 0 atom stereocenters. The van der Waals surface area contributed by atoms with Crippen molar-refractivity contribution in [1.82, 2.24) is 4.90 Å². The number of fused-ring (bicyclic) bond motifs is 1. The number of nitrogens with one attached hydrogen (secondary N) is 1. The van der Waals surface area contributed by atoms with Gasteiger partial charge in [0.15, 0.2) is 0 Å². The lowest BCUT2D eigenvalue weighted by molar-refractivity contribution is -0.144. The molecule has 1 heterocycles. The van der Waals surface area contributed by atoms with Crippen molar-refractivity contribution in [1.29, 1.82) is 0 Å². The number of alkyl halides is 3. The van der Waals surface area contributed by atoms with Gasteiger partial charge in [0, 0.05) is 29.8 Å². The molecule has 0 unspecified atom stereocenters. The van der Waals surface area contributed by atoms with Gasteiger partial charge in [-0.25, -0.2) is 0 Å². The molecule has 0 spiro atoms. The van der Waals surface area contributed by atoms with Crippen LogP contribution in [-0.2, 0) is 23.9 Å². The molecule has 1 aliphatic carbocycles. The summed E-state index contributed by atoms with van der Waals surface area (Å²) in [6, 6.07) is 17.5. The summed E-state index contributed by atoms with van der Waals surface area (Å²) in [6.07, 6.45) is 1.63. The van der Waals surface area contributed by atoms with E-state index in [1.54, 1.807) is 24.3 Å². The average molecular weight is 521 g/mol. The number of carbonyl (C=O) groups excluding carboxylic acids is 2. The number of hydrogen-bond donors (Lipinski definition) is 1. The first-order chi connectivity index (χ1) is 18.1. The lowest BCUT2D eigenvalue weighted by Crippen LogP contribution is -2.45. The largest absolute Gasteiger partial charge is 0.416 e. The number of nitrogens with zero attached hydrogens (tertiary/aromatic N) is 1. The maximum absolute atomic E-state index is 13.3. The molecule has 1 N–H and O–H groups in total. The number of amides is 2. The lowest BCUT2D eigenvalue weighted by atomic mass is 9.74. The topological polar surface area (TPSA) is 49.4 Å². The SMILES string of the molecule is CC1(C(=O)N2CCc3cc(NC(=O)c4ccccc4-c4ccc(C(F)(F)F)cc4)ccc3C2)CCCCC1. The van der Waals surface area contributed by atoms with E-state index in [-0.39, 0.29) is 17.2 Å². The van der Waals surface area contributed by atoms with E-state index in [1.807, 2.05) is 23.1 Å². The Bertz CT molecular complexity index is 1340. The van der Waals surface area contributed by atoms with Crippen molar-refractivity contribution in [3.63, 3.8) is 0 Å². The van der Waals surface area contributed by atoms with Crippen molar-refractivity contribution in [3.05, 3.63) is 89.0 Å². The highest BCUT2D eigenvalue weighted by molar-refractivity contribution is 6.08. The van der Waals surface area contributed by atoms with Gasteiger partial charge < -0.3 is 10.2 Å². The van der Waals surface area contributed by atoms with Crippen LogP contribution in [0.2, 0.25) is 0 Å². The van der Waals surface area contributed by atoms with E-state index in [4.69, 9.17) is 0 Å². The van der Waals surface area contributed by atoms with Gasteiger partial charge >= 0.3 is 6.18 Å². The second-order valence-electron chi connectivity index (χ2n) is 10.7. The fraction of sp³-hybridized carbons (Fsp3) is 0.355. The van der Waals surface area contributed by atoms with Crippen LogP contribution in [0.3, 0.4) is 0 Å². The number of carbonyl (C=O) groups is 2. The zero-order chi connectivity index (χ0) is 26.9. The van der Waals surface area contributed by atoms with E-state index in [2.05, 4.69) is 12.2 Å². The van der Waals surface area contributed by atoms with Crippen LogP contribution in [0.4, 0.5) is 18.9 Å². The predicted molar refractivity (Wildman–Crippen MR) is 142 cm³/mol. The Hall–Kier alpha value is -3.61. The molecular weight excluding hydrogens is 489 g/mol. The molecule has 1 fully saturated rings. The first-order valence-corrected chi connectivity index (χ1v) is 13.1. The summed E-state index contributed by atoms with van der Waals surface area (Å²) in [4.78, 5) is 28.5. The van der Waals surface area contributed by atoms with Gasteiger partial charge in [-0.15, -0.1) is 0 Å². The van der Waals surface area contributed by atoms with Crippen LogP contribution in [0.1, 0.15) is 66.1 Å². The normalized spacial score (nSPS) is 17.0. The molecule has 0 saturated heterocycles. The highest BCUT2D eigenvalue weighted by Crippen LogP contribution is 2.39. The third kappa shape index (κ3) is 5.33. The summed E-state index contributed by atoms with van der Waals surface area (Å²) in [5.74, 6) is -0.0848. The number of halogens is 3. The number of benzene rings is 3. The molecule has 7 heteroatoms. The second kappa shape index (κ2) is 10.3. The van der Waals surface area contributed by atoms with Crippen LogP contribution in [0.25, 0.3) is 11.1 Å². The Labute approximate surface area is 220 Å². The Morgan fingerprint density at radius 2 is 1.61 bits per heavy atom. The summed E-state index contributed by atoms with van der Waals surface area (Å²) >= 11 is 0. The quantitative estimate of drug-likeness (QED) is 0.388. The third-order valence-corrected chi connectivity index (χ3v) is 7.93. The van der Waals surface area contributed by atoms with E-state index in [9.17, 15) is 22.8 Å². The highest BCUT2D eigenvalue weighted by atomic mass is 19.4. The van der Waals surface area contributed by atoms with Gasteiger partial charge in [-0.1, -0.05) is 62.6 Å². The average Bonchev–Trinajstić information content (AvgIpc) is 2.92. The summed E-state index contributed by atoms with van der Waals surface area (Å²) in [5, 5.41) is 2.95. The zero-order valence-electron chi connectivity index (χ0n) is 21.4. The molecule has 0 radical (unpaired) electrons. The Balaban J connectivity index is 1.30.